The molecule has 0 saturated heterocycles. The van der Waals surface area contributed by atoms with Crippen LogP contribution in [0.1, 0.15) is 26.0 Å². The van der Waals surface area contributed by atoms with Crippen molar-refractivity contribution in [2.45, 2.75) is 38.1 Å². The van der Waals surface area contributed by atoms with Crippen molar-refractivity contribution in [2.75, 3.05) is 5.32 Å². The van der Waals surface area contributed by atoms with E-state index in [9.17, 15) is 0 Å². The van der Waals surface area contributed by atoms with E-state index in [1.54, 1.807) is 11.3 Å². The number of aromatic nitrogens is 1. The predicted molar refractivity (Wildman–Crippen MR) is 62.9 cm³/mol. The van der Waals surface area contributed by atoms with Gasteiger partial charge in [0.1, 0.15) is 0 Å². The predicted octanol–water partition coefficient (Wildman–Crippen LogP) is 3.43. The Balaban J connectivity index is 2.40. The van der Waals surface area contributed by atoms with Crippen LogP contribution in [-0.4, -0.2) is 15.9 Å². The molecule has 0 aliphatic carbocycles. The smallest absolute Gasteiger partial charge is 0.183 e. The molecule has 0 saturated carbocycles. The fourth-order valence-corrected chi connectivity index (χ4v) is 2.54. The van der Waals surface area contributed by atoms with Gasteiger partial charge >= 0.3 is 0 Å². The van der Waals surface area contributed by atoms with Gasteiger partial charge in [-0.25, -0.2) is 4.98 Å². The van der Waals surface area contributed by atoms with Gasteiger partial charge in [0.05, 0.1) is 5.69 Å². The lowest BCUT2D eigenvalue weighted by atomic mass is 10.2. The molecule has 0 aromatic carbocycles. The molecule has 1 aromatic heterocycles. The first-order valence-corrected chi connectivity index (χ1v) is 6.20. The molecule has 0 aliphatic rings. The first-order chi connectivity index (χ1) is 6.08. The van der Waals surface area contributed by atoms with E-state index in [4.69, 9.17) is 0 Å². The molecule has 2 unspecified atom stereocenters. The van der Waals surface area contributed by atoms with Crippen LogP contribution in [0.15, 0.2) is 5.38 Å². The quantitative estimate of drug-likeness (QED) is 0.842. The Morgan fingerprint density at radius 1 is 1.62 bits per heavy atom. The number of nitrogens with zero attached hydrogens (tertiary/aromatic N) is 1. The minimum absolute atomic E-state index is 0.472. The van der Waals surface area contributed by atoms with Crippen LogP contribution in [0.5, 0.6) is 0 Å². The molecule has 0 aliphatic heterocycles. The van der Waals surface area contributed by atoms with Crippen molar-refractivity contribution >= 4 is 32.4 Å². The molecule has 4 heteroatoms. The van der Waals surface area contributed by atoms with Crippen molar-refractivity contribution in [2.24, 2.45) is 0 Å². The summed E-state index contributed by atoms with van der Waals surface area (Å²) in [6.45, 7) is 6.35. The monoisotopic (exact) mass is 262 g/mol. The summed E-state index contributed by atoms with van der Waals surface area (Å²) in [5.74, 6) is 0. The van der Waals surface area contributed by atoms with E-state index in [0.717, 1.165) is 17.2 Å². The second-order valence-electron chi connectivity index (χ2n) is 3.36. The summed E-state index contributed by atoms with van der Waals surface area (Å²) >= 11 is 5.20. The highest BCUT2D eigenvalue weighted by atomic mass is 79.9. The molecule has 1 rings (SSSR count). The van der Waals surface area contributed by atoms with Crippen molar-refractivity contribution in [3.05, 3.63) is 11.1 Å². The number of alkyl halides is 1. The first kappa shape index (κ1) is 11.0. The van der Waals surface area contributed by atoms with Gasteiger partial charge in [-0.15, -0.1) is 11.3 Å². The third kappa shape index (κ3) is 4.09. The van der Waals surface area contributed by atoms with Crippen LogP contribution in [0.3, 0.4) is 0 Å². The lowest BCUT2D eigenvalue weighted by Gasteiger charge is -2.13. The van der Waals surface area contributed by atoms with Crippen molar-refractivity contribution in [1.82, 2.24) is 4.98 Å². The van der Waals surface area contributed by atoms with Crippen molar-refractivity contribution in [3.63, 3.8) is 0 Å². The number of hydrogen-bond acceptors (Lipinski definition) is 3. The van der Waals surface area contributed by atoms with Crippen LogP contribution in [0.2, 0.25) is 0 Å². The number of rotatable bonds is 4. The zero-order chi connectivity index (χ0) is 9.84. The third-order valence-electron chi connectivity index (χ3n) is 1.67. The number of hydrogen-bond donors (Lipinski definition) is 1. The zero-order valence-electron chi connectivity index (χ0n) is 8.17. The second kappa shape index (κ2) is 4.96. The fraction of sp³-hybridized carbons (Fsp3) is 0.667. The Bertz CT molecular complexity index is 260. The summed E-state index contributed by atoms with van der Waals surface area (Å²) in [5.41, 5.74) is 1.09. The second-order valence-corrected chi connectivity index (χ2v) is 5.78. The number of aryl methyl sites for hydroxylation is 1. The van der Waals surface area contributed by atoms with Gasteiger partial charge in [-0.2, -0.15) is 0 Å². The Labute approximate surface area is 91.9 Å². The van der Waals surface area contributed by atoms with Crippen LogP contribution in [0.25, 0.3) is 0 Å². The van der Waals surface area contributed by atoms with Crippen LogP contribution in [0, 0.1) is 6.92 Å². The van der Waals surface area contributed by atoms with Crippen LogP contribution >= 0.6 is 27.3 Å². The van der Waals surface area contributed by atoms with Gasteiger partial charge in [0, 0.05) is 16.2 Å². The maximum absolute atomic E-state index is 4.35. The number of nitrogens with one attached hydrogen (secondary N) is 1. The average Bonchev–Trinajstić information content (AvgIpc) is 2.33. The zero-order valence-corrected chi connectivity index (χ0v) is 10.6. The molecule has 0 spiro atoms. The fourth-order valence-electron chi connectivity index (χ4n) is 1.18. The maximum Gasteiger partial charge on any atom is 0.183 e. The number of halogens is 1. The van der Waals surface area contributed by atoms with E-state index >= 15 is 0 Å². The Kier molecular flexibility index (Phi) is 4.19. The summed E-state index contributed by atoms with van der Waals surface area (Å²) in [5, 5.41) is 6.46. The highest BCUT2D eigenvalue weighted by molar-refractivity contribution is 9.09. The summed E-state index contributed by atoms with van der Waals surface area (Å²) in [6.07, 6.45) is 1.11. The molecule has 13 heavy (non-hydrogen) atoms. The minimum atomic E-state index is 0.472. The van der Waals surface area contributed by atoms with E-state index in [2.05, 4.69) is 45.5 Å². The Hall–Kier alpha value is -0.0900. The SMILES string of the molecule is Cc1csc(NC(C)CC(C)Br)n1. The minimum Gasteiger partial charge on any atom is -0.359 e. The first-order valence-electron chi connectivity index (χ1n) is 4.40. The van der Waals surface area contributed by atoms with Crippen molar-refractivity contribution in [3.8, 4) is 0 Å². The molecule has 1 heterocycles. The normalized spacial score (nSPS) is 15.4. The van der Waals surface area contributed by atoms with E-state index in [1.165, 1.54) is 0 Å². The maximum atomic E-state index is 4.35. The highest BCUT2D eigenvalue weighted by Gasteiger charge is 2.07. The van der Waals surface area contributed by atoms with Gasteiger partial charge < -0.3 is 5.32 Å². The molecule has 1 aromatic rings. The van der Waals surface area contributed by atoms with Crippen molar-refractivity contribution in [1.29, 1.82) is 0 Å². The summed E-state index contributed by atoms with van der Waals surface area (Å²) in [6, 6.07) is 0.472. The summed E-state index contributed by atoms with van der Waals surface area (Å²) < 4.78 is 0. The molecule has 0 fully saturated rings. The van der Waals surface area contributed by atoms with Crippen LogP contribution in [-0.2, 0) is 0 Å². The largest absolute Gasteiger partial charge is 0.359 e. The van der Waals surface area contributed by atoms with Gasteiger partial charge in [0.25, 0.3) is 0 Å². The van der Waals surface area contributed by atoms with Gasteiger partial charge in [0.2, 0.25) is 0 Å². The average molecular weight is 263 g/mol. The van der Waals surface area contributed by atoms with E-state index in [0.29, 0.717) is 10.9 Å². The standard InChI is InChI=1S/C9H15BrN2S/c1-6(10)4-7(2)11-9-12-8(3)5-13-9/h5-7H,4H2,1-3H3,(H,11,12). The summed E-state index contributed by atoms with van der Waals surface area (Å²) in [7, 11) is 0. The molecule has 2 atom stereocenters. The third-order valence-corrected chi connectivity index (χ3v) is 2.93. The molecule has 0 bridgehead atoms. The summed E-state index contributed by atoms with van der Waals surface area (Å²) in [4.78, 5) is 4.90. The van der Waals surface area contributed by atoms with Gasteiger partial charge in [-0.05, 0) is 20.3 Å². The lowest BCUT2D eigenvalue weighted by Crippen LogP contribution is -2.18. The molecular weight excluding hydrogens is 248 g/mol. The number of anilines is 1. The molecule has 74 valence electrons. The van der Waals surface area contributed by atoms with Crippen molar-refractivity contribution < 1.29 is 0 Å². The lowest BCUT2D eigenvalue weighted by molar-refractivity contribution is 0.707. The Morgan fingerprint density at radius 2 is 2.31 bits per heavy atom. The van der Waals surface area contributed by atoms with Crippen LogP contribution in [0.4, 0.5) is 5.13 Å². The van der Waals surface area contributed by atoms with Gasteiger partial charge in [-0.1, -0.05) is 22.9 Å². The topological polar surface area (TPSA) is 24.9 Å². The van der Waals surface area contributed by atoms with Gasteiger partial charge in [0.15, 0.2) is 5.13 Å². The molecule has 0 radical (unpaired) electrons. The Morgan fingerprint density at radius 3 is 2.77 bits per heavy atom. The van der Waals surface area contributed by atoms with Crippen LogP contribution < -0.4 is 5.32 Å². The molecular formula is C9H15BrN2S. The van der Waals surface area contributed by atoms with E-state index < -0.39 is 0 Å². The molecule has 0 amide bonds. The van der Waals surface area contributed by atoms with E-state index in [-0.39, 0.29) is 0 Å². The van der Waals surface area contributed by atoms with E-state index in [1.807, 2.05) is 6.92 Å². The number of thiazole rings is 1. The van der Waals surface area contributed by atoms with Gasteiger partial charge in [-0.3, -0.25) is 0 Å². The molecule has 1 N–H and O–H groups in total. The molecule has 2 nitrogen and oxygen atoms in total. The highest BCUT2D eigenvalue weighted by Crippen LogP contribution is 2.17.